The predicted molar refractivity (Wildman–Crippen MR) is 90.0 cm³/mol. The third kappa shape index (κ3) is 4.72. The monoisotopic (exact) mass is 382 g/mol. The van der Waals surface area contributed by atoms with E-state index in [0.717, 1.165) is 17.2 Å². The van der Waals surface area contributed by atoms with Crippen molar-refractivity contribution in [3.63, 3.8) is 0 Å². The molecule has 0 spiro atoms. The Hall–Kier alpha value is -3.17. The van der Waals surface area contributed by atoms with Crippen molar-refractivity contribution in [3.8, 4) is 11.4 Å². The molecule has 7 nitrogen and oxygen atoms in total. The van der Waals surface area contributed by atoms with E-state index in [-0.39, 0.29) is 23.5 Å². The minimum absolute atomic E-state index is 0.146. The molecular formula is C17H17F3N4O3. The number of pyridine rings is 2. The molecule has 0 atom stereocenters. The summed E-state index contributed by atoms with van der Waals surface area (Å²) in [4.78, 5) is 36.2. The standard InChI is InChI=1S/C17H17F3N4O3/c1-3-5-13(25)24(2)27-16(26)10-7-8-12(23-15(10)21)14-11(17(18,19)20)6-4-9-22-14/h4,6-9H,3,5H2,1-2H3,(H2,21,23). The predicted octanol–water partition coefficient (Wildman–Crippen LogP) is 3.07. The van der Waals surface area contributed by atoms with Gasteiger partial charge in [0.2, 0.25) is 0 Å². The van der Waals surface area contributed by atoms with E-state index in [4.69, 9.17) is 10.6 Å². The second-order valence-corrected chi connectivity index (χ2v) is 5.55. The zero-order valence-electron chi connectivity index (χ0n) is 14.6. The summed E-state index contributed by atoms with van der Waals surface area (Å²) in [5, 5.41) is 0.777. The fourth-order valence-corrected chi connectivity index (χ4v) is 2.21. The summed E-state index contributed by atoms with van der Waals surface area (Å²) in [5.41, 5.74) is 3.99. The van der Waals surface area contributed by atoms with Crippen LogP contribution < -0.4 is 5.73 Å². The summed E-state index contributed by atoms with van der Waals surface area (Å²) in [6.45, 7) is 1.79. The number of amides is 1. The highest BCUT2D eigenvalue weighted by Crippen LogP contribution is 2.35. The number of carbonyl (C=O) groups is 2. The first-order chi connectivity index (χ1) is 12.6. The summed E-state index contributed by atoms with van der Waals surface area (Å²) < 4.78 is 39.3. The van der Waals surface area contributed by atoms with Crippen molar-refractivity contribution < 1.29 is 27.6 Å². The Morgan fingerprint density at radius 3 is 2.56 bits per heavy atom. The Morgan fingerprint density at radius 2 is 1.96 bits per heavy atom. The number of alkyl halides is 3. The molecule has 144 valence electrons. The summed E-state index contributed by atoms with van der Waals surface area (Å²) >= 11 is 0. The van der Waals surface area contributed by atoms with Gasteiger partial charge < -0.3 is 10.6 Å². The molecule has 0 fully saturated rings. The minimum atomic E-state index is -4.63. The van der Waals surface area contributed by atoms with Gasteiger partial charge in [-0.3, -0.25) is 9.78 Å². The molecule has 0 saturated heterocycles. The summed E-state index contributed by atoms with van der Waals surface area (Å²) in [7, 11) is 1.28. The van der Waals surface area contributed by atoms with Gasteiger partial charge in [0, 0.05) is 19.7 Å². The molecule has 0 radical (unpaired) electrons. The van der Waals surface area contributed by atoms with Crippen LogP contribution in [0.3, 0.4) is 0 Å². The largest absolute Gasteiger partial charge is 0.418 e. The van der Waals surface area contributed by atoms with Crippen molar-refractivity contribution >= 4 is 17.7 Å². The molecule has 0 aliphatic carbocycles. The Morgan fingerprint density at radius 1 is 1.26 bits per heavy atom. The Kier molecular flexibility index (Phi) is 5.98. The summed E-state index contributed by atoms with van der Waals surface area (Å²) in [6.07, 6.45) is -2.67. The van der Waals surface area contributed by atoms with Crippen molar-refractivity contribution in [2.24, 2.45) is 0 Å². The fraction of sp³-hybridized carbons (Fsp3) is 0.294. The normalized spacial score (nSPS) is 11.1. The average Bonchev–Trinajstić information content (AvgIpc) is 2.60. The van der Waals surface area contributed by atoms with Gasteiger partial charge in [-0.15, -0.1) is 0 Å². The lowest BCUT2D eigenvalue weighted by Crippen LogP contribution is -2.30. The maximum absolute atomic E-state index is 13.1. The van der Waals surface area contributed by atoms with Gasteiger partial charge in [0.25, 0.3) is 5.91 Å². The van der Waals surface area contributed by atoms with E-state index in [1.807, 2.05) is 0 Å². The quantitative estimate of drug-likeness (QED) is 0.816. The molecule has 2 aromatic heterocycles. The van der Waals surface area contributed by atoms with Crippen LogP contribution in [0.2, 0.25) is 0 Å². The van der Waals surface area contributed by atoms with E-state index in [0.29, 0.717) is 6.42 Å². The van der Waals surface area contributed by atoms with Crippen LogP contribution in [0.15, 0.2) is 30.5 Å². The van der Waals surface area contributed by atoms with Gasteiger partial charge in [0.1, 0.15) is 17.1 Å². The number of anilines is 1. The number of aromatic nitrogens is 2. The smallest absolute Gasteiger partial charge is 0.383 e. The molecule has 2 N–H and O–H groups in total. The van der Waals surface area contributed by atoms with Crippen molar-refractivity contribution in [2.45, 2.75) is 25.9 Å². The van der Waals surface area contributed by atoms with E-state index in [9.17, 15) is 22.8 Å². The summed E-state index contributed by atoms with van der Waals surface area (Å²) in [6, 6.07) is 4.38. The number of carbonyl (C=O) groups excluding carboxylic acids is 2. The van der Waals surface area contributed by atoms with Crippen LogP contribution in [-0.2, 0) is 15.8 Å². The number of hydroxylamine groups is 2. The Labute approximate surface area is 152 Å². The lowest BCUT2D eigenvalue weighted by atomic mass is 10.1. The second-order valence-electron chi connectivity index (χ2n) is 5.55. The number of rotatable bonds is 4. The zero-order chi connectivity index (χ0) is 20.2. The van der Waals surface area contributed by atoms with Gasteiger partial charge in [-0.25, -0.2) is 9.78 Å². The molecule has 0 aliphatic heterocycles. The number of nitrogen functional groups attached to an aromatic ring is 1. The lowest BCUT2D eigenvalue weighted by molar-refractivity contribution is -0.161. The number of nitrogens with two attached hydrogens (primary N) is 1. The minimum Gasteiger partial charge on any atom is -0.383 e. The topological polar surface area (TPSA) is 98.4 Å². The van der Waals surface area contributed by atoms with Crippen molar-refractivity contribution in [2.75, 3.05) is 12.8 Å². The van der Waals surface area contributed by atoms with E-state index < -0.39 is 29.3 Å². The third-order valence-corrected chi connectivity index (χ3v) is 3.54. The highest BCUT2D eigenvalue weighted by molar-refractivity contribution is 5.95. The molecule has 0 bridgehead atoms. The van der Waals surface area contributed by atoms with Gasteiger partial charge in [0.15, 0.2) is 0 Å². The van der Waals surface area contributed by atoms with Crippen LogP contribution in [0.5, 0.6) is 0 Å². The second kappa shape index (κ2) is 8.02. The van der Waals surface area contributed by atoms with Crippen LogP contribution in [-0.4, -0.2) is 34.0 Å². The van der Waals surface area contributed by atoms with Crippen LogP contribution in [0.25, 0.3) is 11.4 Å². The lowest BCUT2D eigenvalue weighted by Gasteiger charge is -2.16. The van der Waals surface area contributed by atoms with Gasteiger partial charge >= 0.3 is 12.1 Å². The van der Waals surface area contributed by atoms with Crippen molar-refractivity contribution in [3.05, 3.63) is 41.6 Å². The molecule has 0 unspecified atom stereocenters. The molecule has 2 aromatic rings. The van der Waals surface area contributed by atoms with Crippen molar-refractivity contribution in [1.29, 1.82) is 0 Å². The number of hydrogen-bond donors (Lipinski definition) is 1. The molecule has 2 rings (SSSR count). The highest BCUT2D eigenvalue weighted by Gasteiger charge is 2.34. The molecule has 0 aliphatic rings. The first-order valence-corrected chi connectivity index (χ1v) is 7.93. The zero-order valence-corrected chi connectivity index (χ0v) is 14.6. The molecule has 0 saturated carbocycles. The fourth-order valence-electron chi connectivity index (χ4n) is 2.21. The van der Waals surface area contributed by atoms with Crippen LogP contribution in [0.4, 0.5) is 19.0 Å². The average molecular weight is 382 g/mol. The first-order valence-electron chi connectivity index (χ1n) is 7.93. The molecule has 2 heterocycles. The van der Waals surface area contributed by atoms with Gasteiger partial charge in [-0.1, -0.05) is 6.92 Å². The maximum atomic E-state index is 13.1. The first kappa shape index (κ1) is 20.1. The maximum Gasteiger partial charge on any atom is 0.418 e. The molecule has 0 aromatic carbocycles. The van der Waals surface area contributed by atoms with Crippen LogP contribution >= 0.6 is 0 Å². The van der Waals surface area contributed by atoms with Gasteiger partial charge in [0.05, 0.1) is 11.3 Å². The Bertz CT molecular complexity index is 856. The van der Waals surface area contributed by atoms with Crippen LogP contribution in [0, 0.1) is 0 Å². The summed E-state index contributed by atoms with van der Waals surface area (Å²) in [5.74, 6) is -1.69. The van der Waals surface area contributed by atoms with E-state index in [1.165, 1.54) is 25.4 Å². The number of halogens is 3. The molecule has 10 heteroatoms. The molecular weight excluding hydrogens is 365 g/mol. The van der Waals surface area contributed by atoms with E-state index >= 15 is 0 Å². The number of nitrogens with zero attached hydrogens (tertiary/aromatic N) is 3. The number of hydrogen-bond acceptors (Lipinski definition) is 6. The van der Waals surface area contributed by atoms with Gasteiger partial charge in [-0.05, 0) is 30.7 Å². The molecule has 1 amide bonds. The molecule has 27 heavy (non-hydrogen) atoms. The van der Waals surface area contributed by atoms with Crippen molar-refractivity contribution in [1.82, 2.24) is 15.0 Å². The van der Waals surface area contributed by atoms with E-state index in [2.05, 4.69) is 9.97 Å². The SMILES string of the molecule is CCCC(=O)N(C)OC(=O)c1ccc(-c2ncccc2C(F)(F)F)nc1N. The Balaban J connectivity index is 2.29. The third-order valence-electron chi connectivity index (χ3n) is 3.54. The highest BCUT2D eigenvalue weighted by atomic mass is 19.4. The van der Waals surface area contributed by atoms with E-state index in [1.54, 1.807) is 6.92 Å². The van der Waals surface area contributed by atoms with Crippen LogP contribution in [0.1, 0.15) is 35.7 Å². The van der Waals surface area contributed by atoms with Gasteiger partial charge in [-0.2, -0.15) is 18.2 Å².